The predicted molar refractivity (Wildman–Crippen MR) is 182 cm³/mol. The van der Waals surface area contributed by atoms with Crippen LogP contribution < -0.4 is 30.4 Å². The number of nitrogens with one attached hydrogen (secondary N) is 4. The maximum absolute atomic E-state index is 13.5. The lowest BCUT2D eigenvalue weighted by atomic mass is 9.57. The first kappa shape index (κ1) is 32.6. The van der Waals surface area contributed by atoms with E-state index >= 15 is 0 Å². The summed E-state index contributed by atoms with van der Waals surface area (Å²) in [5.74, 6) is -0.585. The van der Waals surface area contributed by atoms with Crippen LogP contribution in [-0.4, -0.2) is 29.2 Å². The minimum absolute atomic E-state index is 0.00890. The Morgan fingerprint density at radius 2 is 1.06 bits per heavy atom. The lowest BCUT2D eigenvalue weighted by molar-refractivity contribution is -0.693. The summed E-state index contributed by atoms with van der Waals surface area (Å²) < 4.78 is 3.92. The van der Waals surface area contributed by atoms with Crippen molar-refractivity contribution in [1.29, 1.82) is 0 Å². The van der Waals surface area contributed by atoms with E-state index in [2.05, 4.69) is 21.3 Å². The molecule has 4 aromatic rings. The van der Waals surface area contributed by atoms with Crippen LogP contribution in [0.15, 0.2) is 97.6 Å². The van der Waals surface area contributed by atoms with Crippen LogP contribution in [0.2, 0.25) is 0 Å². The number of nitrogens with zero attached hydrogens (tertiary/aromatic N) is 2. The lowest BCUT2D eigenvalue weighted by Crippen LogP contribution is -2.59. The topological polar surface area (TPSA) is 124 Å². The van der Waals surface area contributed by atoms with Gasteiger partial charge in [0.25, 0.3) is 17.7 Å². The van der Waals surface area contributed by atoms with Crippen LogP contribution in [0.25, 0.3) is 0 Å². The van der Waals surface area contributed by atoms with E-state index in [-0.39, 0.29) is 29.2 Å². The minimum Gasteiger partial charge on any atom is -0.347 e. The Hall–Kier alpha value is -5.38. The molecule has 4 N–H and O–H groups in total. The van der Waals surface area contributed by atoms with Crippen LogP contribution in [0.3, 0.4) is 0 Å². The fourth-order valence-electron chi connectivity index (χ4n) is 6.75. The van der Waals surface area contributed by atoms with Crippen molar-refractivity contribution in [3.05, 3.63) is 114 Å². The van der Waals surface area contributed by atoms with Gasteiger partial charge in [0.05, 0.1) is 0 Å². The average molecular weight is 647 g/mol. The fourth-order valence-corrected chi connectivity index (χ4v) is 6.75. The van der Waals surface area contributed by atoms with Crippen LogP contribution in [0.5, 0.6) is 0 Å². The molecule has 3 fully saturated rings. The molecule has 3 aliphatic carbocycles. The van der Waals surface area contributed by atoms with Gasteiger partial charge in [0.2, 0.25) is 5.91 Å². The van der Waals surface area contributed by atoms with Gasteiger partial charge in [0.15, 0.2) is 24.8 Å². The van der Waals surface area contributed by atoms with E-state index in [1.165, 1.54) is 0 Å². The van der Waals surface area contributed by atoms with E-state index < -0.39 is 5.41 Å². The molecule has 48 heavy (non-hydrogen) atoms. The van der Waals surface area contributed by atoms with Crippen LogP contribution in [0.1, 0.15) is 83.4 Å². The number of hydrogen-bond donors (Lipinski definition) is 4. The summed E-state index contributed by atoms with van der Waals surface area (Å²) in [6.07, 6.45) is 11.8. The molecule has 2 aromatic carbocycles. The van der Waals surface area contributed by atoms with Crippen LogP contribution in [0, 0.1) is 5.41 Å². The molecule has 0 radical (unpaired) electrons. The zero-order valence-corrected chi connectivity index (χ0v) is 27.4. The van der Waals surface area contributed by atoms with Crippen LogP contribution in [-0.2, 0) is 17.9 Å². The Balaban J connectivity index is 0.999. The molecule has 4 amide bonds. The molecule has 7 rings (SSSR count). The number of fused-ring (bicyclic) bond motifs is 3. The third kappa shape index (κ3) is 7.12. The minimum atomic E-state index is -0.473. The van der Waals surface area contributed by atoms with E-state index in [1.54, 1.807) is 60.8 Å². The highest BCUT2D eigenvalue weighted by molar-refractivity contribution is 6.05. The first-order chi connectivity index (χ1) is 23.2. The molecule has 0 aliphatic heterocycles. The number of benzene rings is 2. The molecular weight excluding hydrogens is 604 g/mol. The molecule has 10 heteroatoms. The maximum atomic E-state index is 13.5. The normalized spacial score (nSPS) is 19.6. The summed E-state index contributed by atoms with van der Waals surface area (Å²) in [5.41, 5.74) is 2.76. The molecule has 3 saturated carbocycles. The Bertz CT molecular complexity index is 1810. The molecule has 0 saturated heterocycles. The number of rotatable bonds is 10. The van der Waals surface area contributed by atoms with Gasteiger partial charge in [-0.2, -0.15) is 0 Å². The Kier molecular flexibility index (Phi) is 9.34. The molecule has 3 aliphatic rings. The van der Waals surface area contributed by atoms with Crippen molar-refractivity contribution >= 4 is 40.7 Å². The van der Waals surface area contributed by atoms with Gasteiger partial charge in [-0.05, 0) is 113 Å². The van der Waals surface area contributed by atoms with E-state index in [9.17, 15) is 19.2 Å². The summed E-state index contributed by atoms with van der Waals surface area (Å²) in [6, 6.07) is 21.2. The Labute approximate surface area is 280 Å². The molecular formula is C38H42N6O4+2. The number of amides is 4. The van der Waals surface area contributed by atoms with Crippen molar-refractivity contribution in [2.45, 2.75) is 71.0 Å². The predicted octanol–water partition coefficient (Wildman–Crippen LogP) is 5.27. The van der Waals surface area contributed by atoms with Crippen molar-refractivity contribution in [1.82, 2.24) is 5.32 Å². The monoisotopic (exact) mass is 646 g/mol. The smallest absolute Gasteiger partial charge is 0.261 e. The number of anilines is 3. The van der Waals surface area contributed by atoms with Gasteiger partial charge in [-0.1, -0.05) is 0 Å². The van der Waals surface area contributed by atoms with Gasteiger partial charge >= 0.3 is 0 Å². The second-order valence-corrected chi connectivity index (χ2v) is 12.9. The largest absolute Gasteiger partial charge is 0.347 e. The SMILES string of the molecule is CC[n+]1cccc(NC(=O)c2ccc(NC(=O)C34CCC(NC(=O)c5ccc(NC(=O)c6ccc[n+](CC)c6)cc5)(CC3)CC4)cc2)c1. The highest BCUT2D eigenvalue weighted by Gasteiger charge is 2.53. The molecule has 2 aromatic heterocycles. The van der Waals surface area contributed by atoms with Crippen molar-refractivity contribution in [3.8, 4) is 0 Å². The van der Waals surface area contributed by atoms with Gasteiger partial charge < -0.3 is 21.3 Å². The standard InChI is InChI=1S/C38H40N6O4/c1-3-43-23-5-7-29(25-43)34(46)39-30-13-11-28(12-14-30)35(47)42-38-20-17-37(18-21-38,19-22-38)36(48)41-31-15-9-27(10-16-31)33(45)40-32-8-6-24-44(4-2)26-32/h5-16,23-26H,3-4,17-22H2,1-2H3,(H2-2,39,40,41,42,45,46,47,48)/p+2. The maximum Gasteiger partial charge on any atom is 0.261 e. The Morgan fingerprint density at radius 3 is 1.67 bits per heavy atom. The quantitative estimate of drug-likeness (QED) is 0.175. The summed E-state index contributed by atoms with van der Waals surface area (Å²) in [5, 5.41) is 12.2. The third-order valence-electron chi connectivity index (χ3n) is 9.88. The van der Waals surface area contributed by atoms with Gasteiger partial charge in [-0.3, -0.25) is 19.2 Å². The van der Waals surface area contributed by atoms with Gasteiger partial charge in [0, 0.05) is 45.6 Å². The van der Waals surface area contributed by atoms with Crippen molar-refractivity contribution in [3.63, 3.8) is 0 Å². The molecule has 2 heterocycles. The van der Waals surface area contributed by atoms with Crippen molar-refractivity contribution in [2.24, 2.45) is 5.41 Å². The van der Waals surface area contributed by atoms with E-state index in [4.69, 9.17) is 0 Å². The highest BCUT2D eigenvalue weighted by Crippen LogP contribution is 2.53. The third-order valence-corrected chi connectivity index (χ3v) is 9.88. The number of carbonyl (C=O) groups excluding carboxylic acids is 4. The molecule has 2 bridgehead atoms. The second-order valence-electron chi connectivity index (χ2n) is 12.9. The van der Waals surface area contributed by atoms with Crippen LogP contribution in [0.4, 0.5) is 17.1 Å². The average Bonchev–Trinajstić information content (AvgIpc) is 3.13. The lowest BCUT2D eigenvalue weighted by Gasteiger charge is -2.52. The fraction of sp³-hybridized carbons (Fsp3) is 0.316. The van der Waals surface area contributed by atoms with Crippen molar-refractivity contribution < 1.29 is 28.3 Å². The number of aryl methyl sites for hydroxylation is 2. The van der Waals surface area contributed by atoms with E-state index in [1.807, 2.05) is 59.8 Å². The number of hydrogen-bond acceptors (Lipinski definition) is 4. The summed E-state index contributed by atoms with van der Waals surface area (Å²) in [4.78, 5) is 52.3. The number of carbonyl (C=O) groups is 4. The number of aromatic nitrogens is 2. The van der Waals surface area contributed by atoms with Gasteiger partial charge in [-0.25, -0.2) is 9.13 Å². The number of pyridine rings is 2. The van der Waals surface area contributed by atoms with Crippen LogP contribution >= 0.6 is 0 Å². The first-order valence-corrected chi connectivity index (χ1v) is 16.6. The second kappa shape index (κ2) is 13.8. The molecule has 10 nitrogen and oxygen atoms in total. The summed E-state index contributed by atoms with van der Waals surface area (Å²) in [6.45, 7) is 5.63. The zero-order chi connectivity index (χ0) is 33.7. The Morgan fingerprint density at radius 1 is 0.562 bits per heavy atom. The molecule has 0 atom stereocenters. The van der Waals surface area contributed by atoms with Gasteiger partial charge in [0.1, 0.15) is 24.3 Å². The zero-order valence-electron chi connectivity index (χ0n) is 27.4. The first-order valence-electron chi connectivity index (χ1n) is 16.6. The van der Waals surface area contributed by atoms with E-state index in [0.717, 1.165) is 38.0 Å². The molecule has 0 unspecified atom stereocenters. The molecule has 246 valence electrons. The van der Waals surface area contributed by atoms with E-state index in [0.29, 0.717) is 47.3 Å². The van der Waals surface area contributed by atoms with Crippen molar-refractivity contribution in [2.75, 3.05) is 16.0 Å². The summed E-state index contributed by atoms with van der Waals surface area (Å²) >= 11 is 0. The molecule has 0 spiro atoms. The van der Waals surface area contributed by atoms with Gasteiger partial charge in [-0.15, -0.1) is 0 Å². The highest BCUT2D eigenvalue weighted by atomic mass is 16.2. The summed E-state index contributed by atoms with van der Waals surface area (Å²) in [7, 11) is 0.